The lowest BCUT2D eigenvalue weighted by atomic mass is 9.91. The summed E-state index contributed by atoms with van der Waals surface area (Å²) in [6.07, 6.45) is 1.13. The summed E-state index contributed by atoms with van der Waals surface area (Å²) in [5.41, 5.74) is 4.31. The Hall–Kier alpha value is -2.59. The minimum atomic E-state index is -0.268. The molecule has 30 heavy (non-hydrogen) atoms. The van der Waals surface area contributed by atoms with Crippen LogP contribution in [-0.2, 0) is 9.59 Å². The fourth-order valence-electron chi connectivity index (χ4n) is 4.73. The van der Waals surface area contributed by atoms with Crippen molar-refractivity contribution in [3.8, 4) is 0 Å². The SMILES string of the molecule is Cc1ccc(C2=C(N3CC(C)CC(C)C3)C(=O)N(c3ccc(Cl)cc3C)C2=O)cc1. The molecule has 2 aliphatic heterocycles. The summed E-state index contributed by atoms with van der Waals surface area (Å²) in [5, 5.41) is 0.584. The molecule has 2 amide bonds. The highest BCUT2D eigenvalue weighted by Gasteiger charge is 2.44. The van der Waals surface area contributed by atoms with Crippen LogP contribution in [0.2, 0.25) is 5.02 Å². The van der Waals surface area contributed by atoms with Gasteiger partial charge in [0, 0.05) is 18.1 Å². The van der Waals surface area contributed by atoms with Crippen molar-refractivity contribution in [3.05, 3.63) is 69.9 Å². The molecule has 4 rings (SSSR count). The second kappa shape index (κ2) is 7.92. The van der Waals surface area contributed by atoms with Gasteiger partial charge in [0.05, 0.1) is 11.3 Å². The van der Waals surface area contributed by atoms with Crippen LogP contribution in [0.5, 0.6) is 0 Å². The van der Waals surface area contributed by atoms with Crippen molar-refractivity contribution >= 4 is 34.7 Å². The molecule has 0 N–H and O–H groups in total. The van der Waals surface area contributed by atoms with E-state index in [0.717, 1.165) is 36.2 Å². The molecule has 0 radical (unpaired) electrons. The van der Waals surface area contributed by atoms with E-state index in [9.17, 15) is 9.59 Å². The first-order chi connectivity index (χ1) is 14.3. The molecule has 0 saturated carbocycles. The molecule has 0 aliphatic carbocycles. The molecule has 2 aromatic carbocycles. The minimum Gasteiger partial charge on any atom is -0.366 e. The van der Waals surface area contributed by atoms with Crippen LogP contribution in [-0.4, -0.2) is 29.8 Å². The topological polar surface area (TPSA) is 40.6 Å². The molecule has 0 bridgehead atoms. The van der Waals surface area contributed by atoms with Crippen LogP contribution in [0.25, 0.3) is 5.57 Å². The second-order valence-corrected chi connectivity index (χ2v) is 9.25. The second-order valence-electron chi connectivity index (χ2n) is 8.82. The average molecular weight is 423 g/mol. The highest BCUT2D eigenvalue weighted by molar-refractivity contribution is 6.45. The van der Waals surface area contributed by atoms with Crippen molar-refractivity contribution in [2.45, 2.75) is 34.1 Å². The predicted molar refractivity (Wildman–Crippen MR) is 121 cm³/mol. The predicted octanol–water partition coefficient (Wildman–Crippen LogP) is 5.22. The lowest BCUT2D eigenvalue weighted by Gasteiger charge is -2.37. The molecular weight excluding hydrogens is 396 g/mol. The van der Waals surface area contributed by atoms with Gasteiger partial charge in [-0.2, -0.15) is 0 Å². The molecule has 2 unspecified atom stereocenters. The van der Waals surface area contributed by atoms with Crippen molar-refractivity contribution in [1.82, 2.24) is 4.90 Å². The molecule has 2 aromatic rings. The van der Waals surface area contributed by atoms with Crippen LogP contribution in [0, 0.1) is 25.7 Å². The zero-order valence-corrected chi connectivity index (χ0v) is 18.7. The van der Waals surface area contributed by atoms with E-state index in [4.69, 9.17) is 11.6 Å². The van der Waals surface area contributed by atoms with Crippen molar-refractivity contribution in [3.63, 3.8) is 0 Å². The fraction of sp³-hybridized carbons (Fsp3) is 0.360. The van der Waals surface area contributed by atoms with Crippen LogP contribution in [0.1, 0.15) is 37.0 Å². The number of anilines is 1. The first-order valence-corrected chi connectivity index (χ1v) is 10.8. The van der Waals surface area contributed by atoms with E-state index >= 15 is 0 Å². The standard InChI is InChI=1S/C25H27ClN2O2/c1-15-5-7-19(8-6-15)22-23(27-13-16(2)11-17(3)14-27)25(30)28(24(22)29)21-10-9-20(26)12-18(21)4/h5-10,12,16-17H,11,13-14H2,1-4H3. The lowest BCUT2D eigenvalue weighted by molar-refractivity contribution is -0.120. The van der Waals surface area contributed by atoms with Gasteiger partial charge in [0.25, 0.3) is 11.8 Å². The number of aryl methyl sites for hydroxylation is 2. The average Bonchev–Trinajstić information content (AvgIpc) is 2.92. The maximum Gasteiger partial charge on any atom is 0.282 e. The van der Waals surface area contributed by atoms with Crippen LogP contribution < -0.4 is 4.90 Å². The summed E-state index contributed by atoms with van der Waals surface area (Å²) in [5.74, 6) is 0.418. The Morgan fingerprint density at radius 1 is 0.900 bits per heavy atom. The number of piperidine rings is 1. The van der Waals surface area contributed by atoms with Crippen LogP contribution in [0.3, 0.4) is 0 Å². The van der Waals surface area contributed by atoms with Gasteiger partial charge in [0.15, 0.2) is 0 Å². The maximum absolute atomic E-state index is 13.7. The Morgan fingerprint density at radius 2 is 1.53 bits per heavy atom. The van der Waals surface area contributed by atoms with Crippen molar-refractivity contribution in [2.24, 2.45) is 11.8 Å². The molecule has 0 spiro atoms. The van der Waals surface area contributed by atoms with Crippen LogP contribution in [0.15, 0.2) is 48.2 Å². The first-order valence-electron chi connectivity index (χ1n) is 10.5. The lowest BCUT2D eigenvalue weighted by Crippen LogP contribution is -2.42. The monoisotopic (exact) mass is 422 g/mol. The first kappa shape index (κ1) is 20.7. The number of carbonyl (C=O) groups is 2. The summed E-state index contributed by atoms with van der Waals surface area (Å²) in [7, 11) is 0. The smallest absolute Gasteiger partial charge is 0.282 e. The molecule has 2 atom stereocenters. The van der Waals surface area contributed by atoms with Gasteiger partial charge >= 0.3 is 0 Å². The summed E-state index contributed by atoms with van der Waals surface area (Å²) in [6, 6.07) is 13.1. The van der Waals surface area contributed by atoms with E-state index in [1.54, 1.807) is 18.2 Å². The molecular formula is C25H27ClN2O2. The molecule has 2 aliphatic rings. The number of benzene rings is 2. The molecule has 4 nitrogen and oxygen atoms in total. The van der Waals surface area contributed by atoms with Crippen molar-refractivity contribution in [1.29, 1.82) is 0 Å². The Balaban J connectivity index is 1.85. The molecule has 0 aromatic heterocycles. The summed E-state index contributed by atoms with van der Waals surface area (Å²) >= 11 is 6.11. The molecule has 2 heterocycles. The zero-order valence-electron chi connectivity index (χ0n) is 17.9. The van der Waals surface area contributed by atoms with Gasteiger partial charge in [-0.25, -0.2) is 4.90 Å². The number of hydrogen-bond donors (Lipinski definition) is 0. The molecule has 5 heteroatoms. The third-order valence-electron chi connectivity index (χ3n) is 5.98. The number of likely N-dealkylation sites (tertiary alicyclic amines) is 1. The van der Waals surface area contributed by atoms with Gasteiger partial charge < -0.3 is 4.90 Å². The molecule has 156 valence electrons. The molecule has 1 fully saturated rings. The normalized spacial score (nSPS) is 22.3. The summed E-state index contributed by atoms with van der Waals surface area (Å²) < 4.78 is 0. The Bertz CT molecular complexity index is 1030. The van der Waals surface area contributed by atoms with Crippen LogP contribution in [0.4, 0.5) is 5.69 Å². The summed E-state index contributed by atoms with van der Waals surface area (Å²) in [6.45, 7) is 9.85. The van der Waals surface area contributed by atoms with Gasteiger partial charge in [-0.1, -0.05) is 55.3 Å². The highest BCUT2D eigenvalue weighted by atomic mass is 35.5. The number of imide groups is 1. The molecule has 1 saturated heterocycles. The van der Waals surface area contributed by atoms with Gasteiger partial charge in [-0.15, -0.1) is 0 Å². The number of hydrogen-bond acceptors (Lipinski definition) is 3. The largest absolute Gasteiger partial charge is 0.366 e. The summed E-state index contributed by atoms with van der Waals surface area (Å²) in [4.78, 5) is 30.8. The number of carbonyl (C=O) groups excluding carboxylic acids is 2. The third-order valence-corrected chi connectivity index (χ3v) is 6.22. The maximum atomic E-state index is 13.7. The number of rotatable bonds is 3. The van der Waals surface area contributed by atoms with Gasteiger partial charge in [0.2, 0.25) is 0 Å². The quantitative estimate of drug-likeness (QED) is 0.637. The Morgan fingerprint density at radius 3 is 2.13 bits per heavy atom. The number of halogens is 1. The van der Waals surface area contributed by atoms with E-state index in [1.807, 2.05) is 38.1 Å². The van der Waals surface area contributed by atoms with E-state index in [0.29, 0.717) is 33.8 Å². The van der Waals surface area contributed by atoms with Crippen molar-refractivity contribution < 1.29 is 9.59 Å². The van der Waals surface area contributed by atoms with Gasteiger partial charge in [-0.3, -0.25) is 9.59 Å². The van der Waals surface area contributed by atoms with E-state index in [1.165, 1.54) is 4.90 Å². The van der Waals surface area contributed by atoms with Crippen molar-refractivity contribution in [2.75, 3.05) is 18.0 Å². The van der Waals surface area contributed by atoms with E-state index < -0.39 is 0 Å². The number of nitrogens with zero attached hydrogens (tertiary/aromatic N) is 2. The van der Waals surface area contributed by atoms with Gasteiger partial charge in [-0.05, 0) is 61.4 Å². The zero-order chi connectivity index (χ0) is 21.6. The highest BCUT2D eigenvalue weighted by Crippen LogP contribution is 2.38. The number of amides is 2. The van der Waals surface area contributed by atoms with Gasteiger partial charge in [0.1, 0.15) is 5.70 Å². The van der Waals surface area contributed by atoms with E-state index in [2.05, 4.69) is 18.7 Å². The minimum absolute atomic E-state index is 0.248. The van der Waals surface area contributed by atoms with E-state index in [-0.39, 0.29) is 11.8 Å². The third kappa shape index (κ3) is 3.65. The Labute approximate surface area is 183 Å². The fourth-order valence-corrected chi connectivity index (χ4v) is 4.95. The Kier molecular flexibility index (Phi) is 5.46. The van der Waals surface area contributed by atoms with Crippen LogP contribution >= 0.6 is 11.6 Å².